The predicted octanol–water partition coefficient (Wildman–Crippen LogP) is 6.60. The lowest BCUT2D eigenvalue weighted by Crippen LogP contribution is -2.16. The van der Waals surface area contributed by atoms with Crippen molar-refractivity contribution in [3.8, 4) is 17.1 Å². The van der Waals surface area contributed by atoms with Crippen LogP contribution in [0.25, 0.3) is 22.3 Å². The van der Waals surface area contributed by atoms with E-state index in [-0.39, 0.29) is 31.6 Å². The van der Waals surface area contributed by atoms with Gasteiger partial charge in [-0.2, -0.15) is 8.42 Å². The van der Waals surface area contributed by atoms with Crippen molar-refractivity contribution in [3.63, 3.8) is 0 Å². The molecule has 5 aromatic rings. The maximum atomic E-state index is 13.5. The number of benzene rings is 2. The predicted molar refractivity (Wildman–Crippen MR) is 165 cm³/mol. The highest BCUT2D eigenvalue weighted by Crippen LogP contribution is 2.32. The molecule has 0 aliphatic rings. The van der Waals surface area contributed by atoms with Crippen molar-refractivity contribution in [2.45, 2.75) is 27.1 Å². The Labute approximate surface area is 255 Å². The van der Waals surface area contributed by atoms with Crippen LogP contribution >= 0.6 is 27.3 Å². The Morgan fingerprint density at radius 3 is 2.69 bits per heavy atom. The molecule has 1 N–H and O–H groups in total. The van der Waals surface area contributed by atoms with Gasteiger partial charge in [-0.05, 0) is 63.8 Å². The highest BCUT2D eigenvalue weighted by atomic mass is 79.9. The van der Waals surface area contributed by atoms with Gasteiger partial charge in [0.25, 0.3) is 0 Å². The Bertz CT molecular complexity index is 1870. The van der Waals surface area contributed by atoms with Crippen LogP contribution in [-0.2, 0) is 28.2 Å². The van der Waals surface area contributed by atoms with Gasteiger partial charge in [0.05, 0.1) is 45.7 Å². The third-order valence-electron chi connectivity index (χ3n) is 6.14. The van der Waals surface area contributed by atoms with E-state index in [4.69, 9.17) is 9.47 Å². The SMILES string of the molecule is CC(C)C(COCc1nc(-c2cc3c(Nc4ccc(OCc5cccc(F)c5)c(Br)c4)ncnc3cn2)cs1)=S(=O)=O. The lowest BCUT2D eigenvalue weighted by atomic mass is 10.1. The Balaban J connectivity index is 1.30. The molecule has 0 saturated heterocycles. The Morgan fingerprint density at radius 1 is 1.07 bits per heavy atom. The first-order valence-electron chi connectivity index (χ1n) is 12.8. The number of nitrogens with one attached hydrogen (secondary N) is 1. The molecular weight excluding hydrogens is 645 g/mol. The standard InChI is InChI=1S/C29H25BrFN5O4S2/c1-17(2)27(42(37)38)13-39-14-28-36-25(15-41-28)23-10-21-24(11-32-23)33-16-34-29(21)35-20-6-7-26(22(30)9-20)40-12-18-4-3-5-19(31)8-18/h3-11,15-17H,12-14H2,1-2H3,(H,33,34,35). The van der Waals surface area contributed by atoms with E-state index < -0.39 is 10.3 Å². The van der Waals surface area contributed by atoms with Crippen molar-refractivity contribution in [3.05, 3.63) is 87.3 Å². The van der Waals surface area contributed by atoms with Crippen LogP contribution < -0.4 is 10.1 Å². The molecule has 0 aliphatic heterocycles. The number of hydrogen-bond donors (Lipinski definition) is 1. The summed E-state index contributed by atoms with van der Waals surface area (Å²) in [5.74, 6) is 0.776. The third-order valence-corrected chi connectivity index (χ3v) is 8.60. The van der Waals surface area contributed by atoms with Crippen molar-refractivity contribution < 1.29 is 22.3 Å². The molecule has 0 bridgehead atoms. The lowest BCUT2D eigenvalue weighted by molar-refractivity contribution is 0.157. The molecule has 0 saturated carbocycles. The molecule has 3 aromatic heterocycles. The van der Waals surface area contributed by atoms with Gasteiger partial charge in [0, 0.05) is 16.5 Å². The number of halogens is 2. The van der Waals surface area contributed by atoms with Crippen molar-refractivity contribution in [2.24, 2.45) is 5.92 Å². The number of hydrogen-bond acceptors (Lipinski definition) is 10. The molecule has 0 atom stereocenters. The van der Waals surface area contributed by atoms with Gasteiger partial charge >= 0.3 is 0 Å². The molecule has 0 unspecified atom stereocenters. The average molecular weight is 671 g/mol. The summed E-state index contributed by atoms with van der Waals surface area (Å²) in [4.78, 5) is 18.2. The summed E-state index contributed by atoms with van der Waals surface area (Å²) in [6.07, 6.45) is 3.13. The molecule has 5 rings (SSSR count). The van der Waals surface area contributed by atoms with Gasteiger partial charge in [0.15, 0.2) is 0 Å². The number of anilines is 2. The molecule has 216 valence electrons. The van der Waals surface area contributed by atoms with Gasteiger partial charge in [0.2, 0.25) is 10.3 Å². The van der Waals surface area contributed by atoms with Crippen LogP contribution in [0, 0.1) is 11.7 Å². The van der Waals surface area contributed by atoms with Crippen molar-refractivity contribution in [1.29, 1.82) is 0 Å². The summed E-state index contributed by atoms with van der Waals surface area (Å²) in [5, 5.41) is 6.67. The zero-order valence-electron chi connectivity index (χ0n) is 22.5. The maximum Gasteiger partial charge on any atom is 0.215 e. The molecule has 2 aromatic carbocycles. The van der Waals surface area contributed by atoms with Crippen LogP contribution in [0.3, 0.4) is 0 Å². The highest BCUT2D eigenvalue weighted by Gasteiger charge is 2.13. The summed E-state index contributed by atoms with van der Waals surface area (Å²) < 4.78 is 48.4. The lowest BCUT2D eigenvalue weighted by Gasteiger charge is -2.12. The van der Waals surface area contributed by atoms with E-state index in [1.54, 1.807) is 18.3 Å². The summed E-state index contributed by atoms with van der Waals surface area (Å²) >= 11 is 4.96. The van der Waals surface area contributed by atoms with E-state index in [1.165, 1.54) is 29.8 Å². The quantitative estimate of drug-likeness (QED) is 0.155. The fraction of sp³-hybridized carbons (Fsp3) is 0.207. The smallest absolute Gasteiger partial charge is 0.215 e. The van der Waals surface area contributed by atoms with Gasteiger partial charge in [0.1, 0.15) is 35.3 Å². The average Bonchev–Trinajstić information content (AvgIpc) is 3.43. The van der Waals surface area contributed by atoms with Crippen LogP contribution in [0.1, 0.15) is 24.4 Å². The van der Waals surface area contributed by atoms with Crippen LogP contribution in [0.2, 0.25) is 0 Å². The minimum Gasteiger partial charge on any atom is -0.488 e. The number of nitrogens with zero attached hydrogens (tertiary/aromatic N) is 4. The van der Waals surface area contributed by atoms with E-state index >= 15 is 0 Å². The first kappa shape index (κ1) is 29.7. The normalized spacial score (nSPS) is 11.2. The second kappa shape index (κ2) is 13.5. The third kappa shape index (κ3) is 7.34. The largest absolute Gasteiger partial charge is 0.488 e. The molecule has 9 nitrogen and oxygen atoms in total. The highest BCUT2D eigenvalue weighted by molar-refractivity contribution is 9.10. The van der Waals surface area contributed by atoms with E-state index in [1.807, 2.05) is 43.5 Å². The summed E-state index contributed by atoms with van der Waals surface area (Å²) in [6, 6.07) is 13.7. The number of thiazole rings is 1. The second-order valence-corrected chi connectivity index (χ2v) is 12.3. The van der Waals surface area contributed by atoms with Gasteiger partial charge in [-0.25, -0.2) is 19.3 Å². The van der Waals surface area contributed by atoms with Gasteiger partial charge < -0.3 is 14.8 Å². The minimum absolute atomic E-state index is 0.0273. The number of fused-ring (bicyclic) bond motifs is 1. The molecule has 0 radical (unpaired) electrons. The Hall–Kier alpha value is -3.78. The molecule has 0 spiro atoms. The molecule has 0 fully saturated rings. The van der Waals surface area contributed by atoms with Gasteiger partial charge in [-0.3, -0.25) is 4.98 Å². The number of pyridine rings is 1. The Kier molecular flexibility index (Phi) is 9.52. The number of ether oxygens (including phenoxy) is 2. The Morgan fingerprint density at radius 2 is 1.93 bits per heavy atom. The van der Waals surface area contributed by atoms with Crippen molar-refractivity contribution in [2.75, 3.05) is 11.9 Å². The van der Waals surface area contributed by atoms with Crippen LogP contribution in [0.15, 0.2) is 70.9 Å². The summed E-state index contributed by atoms with van der Waals surface area (Å²) in [6.45, 7) is 4.08. The minimum atomic E-state index is -2.28. The van der Waals surface area contributed by atoms with E-state index in [9.17, 15) is 12.8 Å². The van der Waals surface area contributed by atoms with E-state index in [0.717, 1.165) is 21.1 Å². The van der Waals surface area contributed by atoms with Crippen molar-refractivity contribution >= 4 is 64.8 Å². The first-order chi connectivity index (χ1) is 20.3. The van der Waals surface area contributed by atoms with Gasteiger partial charge in [-0.15, -0.1) is 11.3 Å². The van der Waals surface area contributed by atoms with Crippen LogP contribution in [-0.4, -0.2) is 39.8 Å². The fourth-order valence-electron chi connectivity index (χ4n) is 3.96. The molecular formula is C29H25BrFN5O4S2. The first-order valence-corrected chi connectivity index (χ1v) is 15.5. The van der Waals surface area contributed by atoms with Gasteiger partial charge in [-0.1, -0.05) is 26.0 Å². The maximum absolute atomic E-state index is 13.5. The summed E-state index contributed by atoms with van der Waals surface area (Å²) in [7, 11) is -2.28. The molecule has 42 heavy (non-hydrogen) atoms. The summed E-state index contributed by atoms with van der Waals surface area (Å²) in [5.41, 5.74) is 3.46. The topological polar surface area (TPSA) is 116 Å². The monoisotopic (exact) mass is 669 g/mol. The van der Waals surface area contributed by atoms with Crippen LogP contribution in [0.4, 0.5) is 15.9 Å². The number of rotatable bonds is 11. The molecule has 13 heteroatoms. The van der Waals surface area contributed by atoms with E-state index in [0.29, 0.717) is 38.3 Å². The van der Waals surface area contributed by atoms with E-state index in [2.05, 4.69) is 41.2 Å². The second-order valence-electron chi connectivity index (χ2n) is 9.47. The molecule has 3 heterocycles. The molecule has 0 amide bonds. The number of aromatic nitrogens is 4. The zero-order valence-corrected chi connectivity index (χ0v) is 25.8. The fourth-order valence-corrected chi connectivity index (χ4v) is 5.74. The zero-order chi connectivity index (χ0) is 29.6. The van der Waals surface area contributed by atoms with Crippen molar-refractivity contribution in [1.82, 2.24) is 19.9 Å². The van der Waals surface area contributed by atoms with Crippen LogP contribution in [0.5, 0.6) is 5.75 Å². The molecule has 0 aliphatic carbocycles.